The lowest BCUT2D eigenvalue weighted by Gasteiger charge is -2.06. The number of hydrogen-bond acceptors (Lipinski definition) is 10. The average Bonchev–Trinajstić information content (AvgIpc) is 3.11. The van der Waals surface area contributed by atoms with Gasteiger partial charge in [-0.2, -0.15) is 0 Å². The van der Waals surface area contributed by atoms with E-state index < -0.39 is 36.5 Å². The van der Waals surface area contributed by atoms with Crippen molar-refractivity contribution >= 4 is 24.2 Å². The van der Waals surface area contributed by atoms with Crippen LogP contribution in [0.25, 0.3) is 0 Å². The van der Waals surface area contributed by atoms with Gasteiger partial charge in [0.05, 0.1) is 0 Å². The Morgan fingerprint density at radius 3 is 1.64 bits per heavy atom. The summed E-state index contributed by atoms with van der Waals surface area (Å²) in [6.07, 6.45) is -1.09. The van der Waals surface area contributed by atoms with Crippen LogP contribution in [0.1, 0.15) is 0 Å². The van der Waals surface area contributed by atoms with Gasteiger partial charge >= 0.3 is 24.2 Å². The van der Waals surface area contributed by atoms with Crippen LogP contribution in [0, 0.1) is 0 Å². The highest BCUT2D eigenvalue weighted by Gasteiger charge is 2.33. The number of ether oxygens (including phenoxy) is 6. The molecule has 2 aliphatic heterocycles. The molecule has 2 fully saturated rings. The fraction of sp³-hybridized carbons (Fsp3) is 0.500. The fourth-order valence-electron chi connectivity index (χ4n) is 1.47. The Morgan fingerprint density at radius 1 is 0.909 bits per heavy atom. The molecule has 0 bridgehead atoms. The number of esters is 2. The van der Waals surface area contributed by atoms with E-state index in [1.54, 1.807) is 0 Å². The monoisotopic (exact) mass is 316 g/mol. The van der Waals surface area contributed by atoms with Gasteiger partial charge < -0.3 is 28.4 Å². The summed E-state index contributed by atoms with van der Waals surface area (Å²) >= 11 is 0. The summed E-state index contributed by atoms with van der Waals surface area (Å²) in [5.41, 5.74) is 0. The van der Waals surface area contributed by atoms with Crippen molar-refractivity contribution in [3.63, 3.8) is 0 Å². The summed E-state index contributed by atoms with van der Waals surface area (Å²) in [5, 5.41) is 0. The van der Waals surface area contributed by atoms with Gasteiger partial charge in [0.15, 0.2) is 0 Å². The Kier molecular flexibility index (Phi) is 5.17. The molecule has 0 aromatic rings. The van der Waals surface area contributed by atoms with Gasteiger partial charge in [-0.25, -0.2) is 19.2 Å². The van der Waals surface area contributed by atoms with Crippen LogP contribution in [0.4, 0.5) is 9.59 Å². The second kappa shape index (κ2) is 7.29. The van der Waals surface area contributed by atoms with Gasteiger partial charge in [0, 0.05) is 0 Å². The predicted molar refractivity (Wildman–Crippen MR) is 63.5 cm³/mol. The molecule has 10 heteroatoms. The Hall–Kier alpha value is -2.78. The zero-order chi connectivity index (χ0) is 15.9. The van der Waals surface area contributed by atoms with Crippen LogP contribution in [0.5, 0.6) is 0 Å². The van der Waals surface area contributed by atoms with Crippen molar-refractivity contribution in [3.05, 3.63) is 12.2 Å². The smallest absolute Gasteiger partial charge is 0.459 e. The lowest BCUT2D eigenvalue weighted by atomic mass is 10.4. The van der Waals surface area contributed by atoms with Gasteiger partial charge in [-0.15, -0.1) is 0 Å². The molecule has 22 heavy (non-hydrogen) atoms. The number of hydrogen-bond donors (Lipinski definition) is 0. The molecule has 0 amide bonds. The zero-order valence-corrected chi connectivity index (χ0v) is 11.2. The van der Waals surface area contributed by atoms with E-state index in [9.17, 15) is 19.2 Å². The minimum atomic E-state index is -1.06. The van der Waals surface area contributed by atoms with E-state index >= 15 is 0 Å². The second-order valence-electron chi connectivity index (χ2n) is 4.07. The van der Waals surface area contributed by atoms with Crippen LogP contribution in [0.3, 0.4) is 0 Å². The first-order chi connectivity index (χ1) is 10.6. The summed E-state index contributed by atoms with van der Waals surface area (Å²) in [6.45, 7) is -0.541. The van der Waals surface area contributed by atoms with E-state index in [0.29, 0.717) is 0 Å². The van der Waals surface area contributed by atoms with Crippen molar-refractivity contribution < 1.29 is 47.6 Å². The fourth-order valence-corrected chi connectivity index (χ4v) is 1.47. The summed E-state index contributed by atoms with van der Waals surface area (Å²) in [7, 11) is 0. The van der Waals surface area contributed by atoms with E-state index in [-0.39, 0.29) is 26.4 Å². The standard InChI is InChI=1S/C12H12O10/c13-9(7-5-19-11(15)21-7)17-3-1-2-4-18-10(14)8-6-20-12(16)22-8/h1-2,7-8H,3-6H2/b2-1+. The summed E-state index contributed by atoms with van der Waals surface area (Å²) in [4.78, 5) is 44.0. The minimum Gasteiger partial charge on any atom is -0.459 e. The van der Waals surface area contributed by atoms with E-state index in [1.165, 1.54) is 12.2 Å². The molecular weight excluding hydrogens is 304 g/mol. The zero-order valence-electron chi connectivity index (χ0n) is 11.2. The Labute approximate surface area is 123 Å². The molecule has 2 unspecified atom stereocenters. The SMILES string of the molecule is O=C1OCC(C(=O)OC/C=C/COC(=O)C2COC(=O)O2)O1. The molecule has 2 heterocycles. The molecule has 120 valence electrons. The molecule has 0 spiro atoms. The first-order valence-corrected chi connectivity index (χ1v) is 6.21. The van der Waals surface area contributed by atoms with Crippen molar-refractivity contribution in [2.75, 3.05) is 26.4 Å². The highest BCUT2D eigenvalue weighted by atomic mass is 16.8. The van der Waals surface area contributed by atoms with Crippen LogP contribution in [-0.2, 0) is 38.0 Å². The Balaban J connectivity index is 1.56. The normalized spacial score (nSPS) is 23.5. The maximum absolute atomic E-state index is 11.4. The largest absolute Gasteiger partial charge is 0.509 e. The second-order valence-corrected chi connectivity index (χ2v) is 4.07. The number of carbonyl (C=O) groups is 4. The number of rotatable bonds is 6. The average molecular weight is 316 g/mol. The van der Waals surface area contributed by atoms with Crippen LogP contribution >= 0.6 is 0 Å². The number of cyclic esters (lactones) is 4. The molecule has 0 N–H and O–H groups in total. The molecule has 2 aliphatic rings. The molecule has 2 rings (SSSR count). The quantitative estimate of drug-likeness (QED) is 0.366. The van der Waals surface area contributed by atoms with Crippen molar-refractivity contribution in [2.24, 2.45) is 0 Å². The van der Waals surface area contributed by atoms with E-state index in [2.05, 4.69) is 18.9 Å². The molecule has 0 aliphatic carbocycles. The van der Waals surface area contributed by atoms with Gasteiger partial charge in [0.1, 0.15) is 26.4 Å². The van der Waals surface area contributed by atoms with Crippen LogP contribution in [0.15, 0.2) is 12.2 Å². The van der Waals surface area contributed by atoms with E-state index in [0.717, 1.165) is 0 Å². The summed E-state index contributed by atoms with van der Waals surface area (Å²) in [5.74, 6) is -1.47. The summed E-state index contributed by atoms with van der Waals surface area (Å²) in [6, 6.07) is 0. The molecule has 10 nitrogen and oxygen atoms in total. The Bertz CT molecular complexity index is 452. The lowest BCUT2D eigenvalue weighted by molar-refractivity contribution is -0.151. The topological polar surface area (TPSA) is 124 Å². The summed E-state index contributed by atoms with van der Waals surface area (Å²) < 4.78 is 27.5. The van der Waals surface area contributed by atoms with Crippen LogP contribution in [-0.4, -0.2) is 62.9 Å². The third-order valence-corrected chi connectivity index (χ3v) is 2.52. The van der Waals surface area contributed by atoms with Gasteiger partial charge in [0.25, 0.3) is 0 Å². The van der Waals surface area contributed by atoms with Crippen molar-refractivity contribution in [1.82, 2.24) is 0 Å². The number of carbonyl (C=O) groups excluding carboxylic acids is 4. The van der Waals surface area contributed by atoms with E-state index in [4.69, 9.17) is 9.47 Å². The van der Waals surface area contributed by atoms with Gasteiger partial charge in [-0.3, -0.25) is 0 Å². The predicted octanol–water partition coefficient (Wildman–Crippen LogP) is -0.300. The Morgan fingerprint density at radius 2 is 1.32 bits per heavy atom. The first kappa shape index (κ1) is 15.6. The van der Waals surface area contributed by atoms with Crippen molar-refractivity contribution in [1.29, 1.82) is 0 Å². The minimum absolute atomic E-state index is 0.0913. The highest BCUT2D eigenvalue weighted by molar-refractivity contribution is 5.80. The third kappa shape index (κ3) is 4.36. The van der Waals surface area contributed by atoms with Crippen LogP contribution in [0.2, 0.25) is 0 Å². The van der Waals surface area contributed by atoms with Crippen LogP contribution < -0.4 is 0 Å². The van der Waals surface area contributed by atoms with Gasteiger partial charge in [0.2, 0.25) is 12.2 Å². The molecule has 0 radical (unpaired) electrons. The first-order valence-electron chi connectivity index (χ1n) is 6.21. The lowest BCUT2D eigenvalue weighted by Crippen LogP contribution is -2.26. The van der Waals surface area contributed by atoms with Crippen molar-refractivity contribution in [2.45, 2.75) is 12.2 Å². The molecule has 0 aromatic carbocycles. The maximum Gasteiger partial charge on any atom is 0.509 e. The van der Waals surface area contributed by atoms with E-state index in [1.807, 2.05) is 0 Å². The molecule has 0 aromatic heterocycles. The molecule has 0 saturated carbocycles. The van der Waals surface area contributed by atoms with Gasteiger partial charge in [-0.1, -0.05) is 0 Å². The molecule has 2 atom stereocenters. The third-order valence-electron chi connectivity index (χ3n) is 2.52. The molecule has 2 saturated heterocycles. The highest BCUT2D eigenvalue weighted by Crippen LogP contribution is 2.08. The van der Waals surface area contributed by atoms with Crippen molar-refractivity contribution in [3.8, 4) is 0 Å². The molecular formula is C12H12O10. The maximum atomic E-state index is 11.4. The van der Waals surface area contributed by atoms with Gasteiger partial charge in [-0.05, 0) is 12.2 Å².